The van der Waals surface area contributed by atoms with E-state index in [-0.39, 0.29) is 34.9 Å². The second-order valence-electron chi connectivity index (χ2n) is 6.77. The molecule has 2 rings (SSSR count). The van der Waals surface area contributed by atoms with E-state index in [0.717, 1.165) is 0 Å². The van der Waals surface area contributed by atoms with Gasteiger partial charge in [0.1, 0.15) is 11.3 Å². The van der Waals surface area contributed by atoms with E-state index in [9.17, 15) is 18.0 Å². The fraction of sp³-hybridized carbons (Fsp3) is 0.556. The highest BCUT2D eigenvalue weighted by molar-refractivity contribution is 7.91. The Morgan fingerprint density at radius 3 is 2.54 bits per heavy atom. The van der Waals surface area contributed by atoms with Gasteiger partial charge in [-0.2, -0.15) is 0 Å². The first-order valence-corrected chi connectivity index (χ1v) is 10.4. The van der Waals surface area contributed by atoms with Gasteiger partial charge in [-0.15, -0.1) is 0 Å². The zero-order valence-corrected chi connectivity index (χ0v) is 16.1. The van der Waals surface area contributed by atoms with Gasteiger partial charge in [0.2, 0.25) is 0 Å². The number of benzene rings is 1. The van der Waals surface area contributed by atoms with Gasteiger partial charge >= 0.3 is 5.97 Å². The Kier molecular flexibility index (Phi) is 6.63. The lowest BCUT2D eigenvalue weighted by atomic mass is 10.1. The highest BCUT2D eigenvalue weighted by Gasteiger charge is 2.35. The molecule has 8 heteroatoms. The van der Waals surface area contributed by atoms with Crippen molar-refractivity contribution in [1.29, 1.82) is 0 Å². The molecule has 1 amide bonds. The van der Waals surface area contributed by atoms with E-state index in [2.05, 4.69) is 0 Å². The van der Waals surface area contributed by atoms with Gasteiger partial charge < -0.3 is 14.4 Å². The number of hydrogen-bond acceptors (Lipinski definition) is 6. The van der Waals surface area contributed by atoms with Crippen LogP contribution in [0.5, 0.6) is 5.75 Å². The van der Waals surface area contributed by atoms with Crippen molar-refractivity contribution in [3.8, 4) is 5.75 Å². The molecule has 0 unspecified atom stereocenters. The first-order chi connectivity index (χ1) is 12.2. The predicted octanol–water partition coefficient (Wildman–Crippen LogP) is 1.52. The Morgan fingerprint density at radius 1 is 1.27 bits per heavy atom. The number of hydrogen-bond donors (Lipinski definition) is 0. The number of rotatable bonds is 7. The monoisotopic (exact) mass is 383 g/mol. The molecule has 0 aliphatic carbocycles. The van der Waals surface area contributed by atoms with Gasteiger partial charge in [-0.05, 0) is 24.5 Å². The fourth-order valence-corrected chi connectivity index (χ4v) is 4.70. The molecule has 144 valence electrons. The maximum Gasteiger partial charge on any atom is 0.342 e. The summed E-state index contributed by atoms with van der Waals surface area (Å²) in [5, 5.41) is 0. The Bertz CT molecular complexity index is 759. The minimum Gasteiger partial charge on any atom is -0.496 e. The molecular weight excluding hydrogens is 358 g/mol. The Labute approximate surface area is 154 Å². The van der Waals surface area contributed by atoms with Crippen LogP contribution in [0, 0.1) is 5.92 Å². The molecule has 1 heterocycles. The average Bonchev–Trinajstić information content (AvgIpc) is 2.96. The summed E-state index contributed by atoms with van der Waals surface area (Å²) in [7, 11) is -1.66. The van der Waals surface area contributed by atoms with E-state index in [1.165, 1.54) is 12.0 Å². The van der Waals surface area contributed by atoms with Gasteiger partial charge in [0, 0.05) is 12.6 Å². The molecule has 0 radical (unpaired) electrons. The van der Waals surface area contributed by atoms with E-state index in [1.807, 2.05) is 13.8 Å². The number of sulfone groups is 1. The molecule has 0 aromatic heterocycles. The number of carbonyl (C=O) groups is 2. The first-order valence-electron chi connectivity index (χ1n) is 8.53. The zero-order chi connectivity index (χ0) is 19.3. The lowest BCUT2D eigenvalue weighted by molar-refractivity contribution is -0.137. The molecule has 1 fully saturated rings. The van der Waals surface area contributed by atoms with Crippen LogP contribution >= 0.6 is 0 Å². The van der Waals surface area contributed by atoms with Gasteiger partial charge in [-0.1, -0.05) is 26.0 Å². The number of para-hydroxylation sites is 1. The predicted molar refractivity (Wildman–Crippen MR) is 96.9 cm³/mol. The van der Waals surface area contributed by atoms with Crippen molar-refractivity contribution in [1.82, 2.24) is 4.90 Å². The second kappa shape index (κ2) is 8.53. The molecule has 0 bridgehead atoms. The third-order valence-corrected chi connectivity index (χ3v) is 5.94. The van der Waals surface area contributed by atoms with Gasteiger partial charge in [-0.25, -0.2) is 13.2 Å². The number of methoxy groups -OCH3 is 1. The maximum atomic E-state index is 12.6. The highest BCUT2D eigenvalue weighted by atomic mass is 32.2. The molecule has 1 aromatic rings. The van der Waals surface area contributed by atoms with Crippen LogP contribution < -0.4 is 4.74 Å². The lowest BCUT2D eigenvalue weighted by Crippen LogP contribution is -2.45. The standard InChI is InChI=1S/C18H25NO6S/c1-13(2)10-19(14-8-9-26(22,23)12-14)17(20)11-25-18(21)15-6-4-5-7-16(15)24-3/h4-7,13-14H,8-12H2,1-3H3/t14-/m0/s1. The van der Waals surface area contributed by atoms with Crippen LogP contribution in [0.3, 0.4) is 0 Å². The molecule has 1 atom stereocenters. The topological polar surface area (TPSA) is 90.0 Å². The van der Waals surface area contributed by atoms with E-state index in [0.29, 0.717) is 18.7 Å². The van der Waals surface area contributed by atoms with Crippen LogP contribution in [0.4, 0.5) is 0 Å². The molecule has 0 saturated carbocycles. The van der Waals surface area contributed by atoms with Crippen molar-refractivity contribution >= 4 is 21.7 Å². The van der Waals surface area contributed by atoms with Gasteiger partial charge in [-0.3, -0.25) is 4.79 Å². The van der Waals surface area contributed by atoms with Crippen molar-refractivity contribution in [3.63, 3.8) is 0 Å². The number of ether oxygens (including phenoxy) is 2. The van der Waals surface area contributed by atoms with Gasteiger partial charge in [0.25, 0.3) is 5.91 Å². The van der Waals surface area contributed by atoms with Gasteiger partial charge in [0.05, 0.1) is 18.6 Å². The highest BCUT2D eigenvalue weighted by Crippen LogP contribution is 2.21. The molecule has 0 spiro atoms. The number of esters is 1. The smallest absolute Gasteiger partial charge is 0.342 e. The van der Waals surface area contributed by atoms with E-state index < -0.39 is 22.4 Å². The van der Waals surface area contributed by atoms with E-state index in [4.69, 9.17) is 9.47 Å². The molecule has 7 nitrogen and oxygen atoms in total. The Balaban J connectivity index is 2.04. The summed E-state index contributed by atoms with van der Waals surface area (Å²) >= 11 is 0. The maximum absolute atomic E-state index is 12.6. The summed E-state index contributed by atoms with van der Waals surface area (Å²) < 4.78 is 33.7. The zero-order valence-electron chi connectivity index (χ0n) is 15.3. The van der Waals surface area contributed by atoms with Crippen molar-refractivity contribution in [2.45, 2.75) is 26.3 Å². The van der Waals surface area contributed by atoms with Crippen molar-refractivity contribution in [3.05, 3.63) is 29.8 Å². The largest absolute Gasteiger partial charge is 0.496 e. The summed E-state index contributed by atoms with van der Waals surface area (Å²) in [4.78, 5) is 26.4. The van der Waals surface area contributed by atoms with Gasteiger partial charge in [0.15, 0.2) is 16.4 Å². The molecule has 1 saturated heterocycles. The number of nitrogens with zero attached hydrogens (tertiary/aromatic N) is 1. The van der Waals surface area contributed by atoms with Crippen molar-refractivity contribution in [2.75, 3.05) is 31.8 Å². The summed E-state index contributed by atoms with van der Waals surface area (Å²) in [6.07, 6.45) is 0.418. The first kappa shape index (κ1) is 20.2. The minimum atomic E-state index is -3.11. The molecule has 1 aromatic carbocycles. The summed E-state index contributed by atoms with van der Waals surface area (Å²) in [5.41, 5.74) is 0.238. The number of amides is 1. The summed E-state index contributed by atoms with van der Waals surface area (Å²) in [6, 6.07) is 6.23. The van der Waals surface area contributed by atoms with E-state index >= 15 is 0 Å². The van der Waals surface area contributed by atoms with Crippen LogP contribution in [0.15, 0.2) is 24.3 Å². The lowest BCUT2D eigenvalue weighted by Gasteiger charge is -2.29. The normalized spacial score (nSPS) is 18.5. The van der Waals surface area contributed by atoms with Crippen LogP contribution in [-0.4, -0.2) is 63.0 Å². The fourth-order valence-electron chi connectivity index (χ4n) is 2.97. The molecule has 1 aliphatic rings. The van der Waals surface area contributed by atoms with E-state index in [1.54, 1.807) is 24.3 Å². The van der Waals surface area contributed by atoms with Crippen LogP contribution in [0.2, 0.25) is 0 Å². The van der Waals surface area contributed by atoms with Crippen LogP contribution in [0.25, 0.3) is 0 Å². The van der Waals surface area contributed by atoms with Crippen molar-refractivity contribution in [2.24, 2.45) is 5.92 Å². The summed E-state index contributed by atoms with van der Waals surface area (Å²) in [6.45, 7) is 3.89. The second-order valence-corrected chi connectivity index (χ2v) is 9.00. The third kappa shape index (κ3) is 5.20. The quantitative estimate of drug-likeness (QED) is 0.663. The van der Waals surface area contributed by atoms with Crippen molar-refractivity contribution < 1.29 is 27.5 Å². The molecule has 26 heavy (non-hydrogen) atoms. The molecule has 0 N–H and O–H groups in total. The minimum absolute atomic E-state index is 0.0358. The Morgan fingerprint density at radius 2 is 1.96 bits per heavy atom. The van der Waals surface area contributed by atoms with Crippen LogP contribution in [-0.2, 0) is 19.4 Å². The van der Waals surface area contributed by atoms with Crippen LogP contribution in [0.1, 0.15) is 30.6 Å². The summed E-state index contributed by atoms with van der Waals surface area (Å²) in [5.74, 6) is -0.451. The third-order valence-electron chi connectivity index (χ3n) is 4.18. The molecular formula is C18H25NO6S. The Hall–Kier alpha value is -2.09. The number of carbonyl (C=O) groups excluding carboxylic acids is 2. The molecule has 1 aliphatic heterocycles. The average molecular weight is 383 g/mol. The SMILES string of the molecule is COc1ccccc1C(=O)OCC(=O)N(CC(C)C)[C@H]1CCS(=O)(=O)C1.